The summed E-state index contributed by atoms with van der Waals surface area (Å²) in [7, 11) is 3.90. The monoisotopic (exact) mass is 456 g/mol. The largest absolute Gasteiger partial charge is 0.368 e. The van der Waals surface area contributed by atoms with E-state index in [1.54, 1.807) is 22.6 Å². The number of piperazine rings is 1. The third-order valence-electron chi connectivity index (χ3n) is 6.26. The molecule has 0 radical (unpaired) electrons. The molecule has 2 aliphatic heterocycles. The summed E-state index contributed by atoms with van der Waals surface area (Å²) in [5.41, 5.74) is 2.28. The molecule has 4 rings (SSSR count). The highest BCUT2D eigenvalue weighted by Gasteiger charge is 2.35. The molecule has 164 valence electrons. The van der Waals surface area contributed by atoms with Gasteiger partial charge in [0, 0.05) is 44.7 Å². The molecule has 0 aliphatic carbocycles. The Morgan fingerprint density at radius 1 is 1.13 bits per heavy atom. The van der Waals surface area contributed by atoms with Gasteiger partial charge in [-0.15, -0.1) is 0 Å². The molecule has 1 unspecified atom stereocenters. The average Bonchev–Trinajstić information content (AvgIpc) is 3.05. The maximum absolute atomic E-state index is 13.5. The number of benzene rings is 1. The fourth-order valence-corrected chi connectivity index (χ4v) is 5.62. The van der Waals surface area contributed by atoms with Crippen molar-refractivity contribution in [1.29, 1.82) is 0 Å². The van der Waals surface area contributed by atoms with Crippen molar-refractivity contribution in [2.24, 2.45) is 7.05 Å². The van der Waals surface area contributed by atoms with E-state index in [2.05, 4.69) is 22.9 Å². The highest BCUT2D eigenvalue weighted by molar-refractivity contribution is 8.26. The van der Waals surface area contributed by atoms with Crippen molar-refractivity contribution in [3.8, 4) is 0 Å². The number of aryl methyl sites for hydroxylation is 1. The normalized spacial score (nSPS) is 20.3. The zero-order chi connectivity index (χ0) is 22.3. The first-order valence-electron chi connectivity index (χ1n) is 10.7. The van der Waals surface area contributed by atoms with Crippen LogP contribution >= 0.6 is 24.0 Å². The molecule has 0 spiro atoms. The van der Waals surface area contributed by atoms with E-state index in [1.807, 2.05) is 32.0 Å². The van der Waals surface area contributed by atoms with E-state index >= 15 is 0 Å². The van der Waals surface area contributed by atoms with E-state index < -0.39 is 0 Å². The molecule has 0 N–H and O–H groups in total. The van der Waals surface area contributed by atoms with Crippen molar-refractivity contribution in [2.75, 3.05) is 38.1 Å². The molecule has 1 amide bonds. The van der Waals surface area contributed by atoms with Crippen molar-refractivity contribution in [3.05, 3.63) is 45.1 Å². The summed E-state index contributed by atoms with van der Waals surface area (Å²) in [6.45, 7) is 7.57. The molecule has 0 saturated carbocycles. The molecule has 1 aromatic heterocycles. The number of rotatable bonds is 4. The Kier molecular flexibility index (Phi) is 6.23. The Balaban J connectivity index is 1.90. The highest BCUT2D eigenvalue weighted by atomic mass is 32.2. The summed E-state index contributed by atoms with van der Waals surface area (Å²) >= 11 is 6.78. The number of amides is 1. The van der Waals surface area contributed by atoms with Gasteiger partial charge in [0.25, 0.3) is 11.5 Å². The lowest BCUT2D eigenvalue weighted by atomic mass is 10.1. The Hall–Kier alpha value is -2.16. The highest BCUT2D eigenvalue weighted by Crippen LogP contribution is 2.37. The third kappa shape index (κ3) is 3.92. The number of hydrogen-bond donors (Lipinski definition) is 0. The number of pyridine rings is 1. The summed E-state index contributed by atoms with van der Waals surface area (Å²) in [5, 5.41) is 1.03. The Morgan fingerprint density at radius 2 is 1.81 bits per heavy atom. The second-order valence-corrected chi connectivity index (χ2v) is 9.92. The summed E-state index contributed by atoms with van der Waals surface area (Å²) in [5.74, 6) is -0.108. The van der Waals surface area contributed by atoms with Gasteiger partial charge in [0.1, 0.15) is 4.32 Å². The molecule has 2 saturated heterocycles. The molecule has 0 bridgehead atoms. The fraction of sp³-hybridized carbons (Fsp3) is 0.435. The number of carbonyl (C=O) groups is 1. The van der Waals surface area contributed by atoms with Gasteiger partial charge in [0.05, 0.1) is 21.7 Å². The minimum Gasteiger partial charge on any atom is -0.368 e. The second-order valence-electron chi connectivity index (χ2n) is 8.24. The first kappa shape index (κ1) is 22.0. The summed E-state index contributed by atoms with van der Waals surface area (Å²) in [6, 6.07) is 8.02. The number of anilines is 1. The molecular weight excluding hydrogens is 428 g/mol. The van der Waals surface area contributed by atoms with Crippen LogP contribution in [0, 0.1) is 0 Å². The maximum Gasteiger partial charge on any atom is 0.266 e. The fourth-order valence-electron chi connectivity index (χ4n) is 4.18. The number of fused-ring (bicyclic) bond motifs is 1. The van der Waals surface area contributed by atoms with Crippen LogP contribution in [0.3, 0.4) is 0 Å². The molecule has 8 heteroatoms. The lowest BCUT2D eigenvalue weighted by Crippen LogP contribution is -2.45. The van der Waals surface area contributed by atoms with E-state index in [0.717, 1.165) is 49.2 Å². The van der Waals surface area contributed by atoms with E-state index in [0.29, 0.717) is 14.8 Å². The van der Waals surface area contributed by atoms with Gasteiger partial charge in [-0.25, -0.2) is 0 Å². The van der Waals surface area contributed by atoms with Crippen LogP contribution in [0.25, 0.3) is 17.0 Å². The van der Waals surface area contributed by atoms with Crippen LogP contribution in [0.2, 0.25) is 0 Å². The number of thiocarbonyl (C=S) groups is 1. The van der Waals surface area contributed by atoms with Crippen LogP contribution in [0.1, 0.15) is 25.8 Å². The Morgan fingerprint density at radius 3 is 2.48 bits per heavy atom. The lowest BCUT2D eigenvalue weighted by Gasteiger charge is -2.35. The van der Waals surface area contributed by atoms with Gasteiger partial charge in [-0.3, -0.25) is 14.5 Å². The van der Waals surface area contributed by atoms with E-state index in [9.17, 15) is 9.59 Å². The van der Waals surface area contributed by atoms with E-state index in [-0.39, 0.29) is 17.5 Å². The summed E-state index contributed by atoms with van der Waals surface area (Å²) < 4.78 is 2.24. The van der Waals surface area contributed by atoms with Crippen LogP contribution < -0.4 is 10.5 Å². The topological polar surface area (TPSA) is 48.8 Å². The summed E-state index contributed by atoms with van der Waals surface area (Å²) in [4.78, 5) is 33.4. The number of carbonyl (C=O) groups excluding carboxylic acids is 1. The molecule has 2 aliphatic rings. The third-order valence-corrected chi connectivity index (χ3v) is 7.59. The average molecular weight is 457 g/mol. The van der Waals surface area contributed by atoms with Crippen molar-refractivity contribution in [2.45, 2.75) is 26.3 Å². The predicted molar refractivity (Wildman–Crippen MR) is 134 cm³/mol. The molecule has 2 aromatic rings. The van der Waals surface area contributed by atoms with Gasteiger partial charge < -0.3 is 14.4 Å². The second kappa shape index (κ2) is 8.76. The van der Waals surface area contributed by atoms with Crippen LogP contribution in [0.5, 0.6) is 0 Å². The quantitative estimate of drug-likeness (QED) is 0.520. The van der Waals surface area contributed by atoms with Gasteiger partial charge in [-0.05, 0) is 32.5 Å². The van der Waals surface area contributed by atoms with Crippen LogP contribution in [-0.2, 0) is 11.8 Å². The van der Waals surface area contributed by atoms with Crippen LogP contribution in [0.4, 0.5) is 5.69 Å². The lowest BCUT2D eigenvalue weighted by molar-refractivity contribution is -0.123. The number of para-hydroxylation sites is 1. The molecule has 6 nitrogen and oxygen atoms in total. The van der Waals surface area contributed by atoms with Crippen LogP contribution in [0.15, 0.2) is 34.0 Å². The first-order chi connectivity index (χ1) is 14.8. The number of likely N-dealkylation sites (N-methyl/N-ethyl adjacent to an activating group) is 1. The minimum absolute atomic E-state index is 0.0370. The van der Waals surface area contributed by atoms with Crippen molar-refractivity contribution >= 4 is 56.9 Å². The van der Waals surface area contributed by atoms with Gasteiger partial charge in [0.2, 0.25) is 0 Å². The maximum atomic E-state index is 13.5. The van der Waals surface area contributed by atoms with Gasteiger partial charge in [-0.2, -0.15) is 0 Å². The van der Waals surface area contributed by atoms with E-state index in [4.69, 9.17) is 12.2 Å². The molecule has 2 fully saturated rings. The van der Waals surface area contributed by atoms with E-state index in [1.165, 1.54) is 11.8 Å². The number of thioether (sulfide) groups is 1. The van der Waals surface area contributed by atoms with Crippen molar-refractivity contribution < 1.29 is 4.79 Å². The molecule has 3 heterocycles. The van der Waals surface area contributed by atoms with Gasteiger partial charge >= 0.3 is 0 Å². The summed E-state index contributed by atoms with van der Waals surface area (Å²) in [6.07, 6.45) is 2.59. The number of nitrogens with zero attached hydrogens (tertiary/aromatic N) is 4. The van der Waals surface area contributed by atoms with Crippen molar-refractivity contribution in [1.82, 2.24) is 14.4 Å². The number of aromatic nitrogens is 1. The molecular formula is C23H28N4O2S2. The Bertz CT molecular complexity index is 1130. The standard InChI is InChI=1S/C23H28N4O2S2/c1-5-15(2)27-22(29)19(31-23(27)30)14-17-20(26-12-10-24(3)11-13-26)16-8-6-7-9-18(16)25(4)21(17)28/h6-9,14-15H,5,10-13H2,1-4H3. The Labute approximate surface area is 192 Å². The minimum atomic E-state index is -0.108. The van der Waals surface area contributed by atoms with Gasteiger partial charge in [-0.1, -0.05) is 49.1 Å². The zero-order valence-electron chi connectivity index (χ0n) is 18.4. The predicted octanol–water partition coefficient (Wildman–Crippen LogP) is 3.29. The van der Waals surface area contributed by atoms with Crippen LogP contribution in [-0.4, -0.2) is 63.9 Å². The number of hydrogen-bond acceptors (Lipinski definition) is 6. The van der Waals surface area contributed by atoms with Crippen molar-refractivity contribution in [3.63, 3.8) is 0 Å². The SMILES string of the molecule is CCC(C)N1C(=O)C(=Cc2c(N3CCN(C)CC3)c3ccccc3n(C)c2=O)SC1=S. The molecule has 1 atom stereocenters. The smallest absolute Gasteiger partial charge is 0.266 e. The molecule has 1 aromatic carbocycles. The molecule has 31 heavy (non-hydrogen) atoms. The zero-order valence-corrected chi connectivity index (χ0v) is 20.1. The van der Waals surface area contributed by atoms with Gasteiger partial charge in [0.15, 0.2) is 0 Å². The first-order valence-corrected chi connectivity index (χ1v) is 11.9.